The molecular formula is C20H22N4O4S. The molecule has 2 aromatic carbocycles. The van der Waals surface area contributed by atoms with Crippen molar-refractivity contribution < 1.29 is 17.7 Å². The minimum Gasteiger partial charge on any atom is -0.350 e. The number of benzene rings is 2. The van der Waals surface area contributed by atoms with E-state index in [9.17, 15) is 13.2 Å². The van der Waals surface area contributed by atoms with E-state index in [1.807, 2.05) is 30.3 Å². The Labute approximate surface area is 169 Å². The topological polar surface area (TPSA) is 128 Å². The van der Waals surface area contributed by atoms with Gasteiger partial charge in [-0.25, -0.2) is 13.6 Å². The molecule has 152 valence electrons. The third-order valence-corrected chi connectivity index (χ3v) is 5.27. The predicted octanol–water partition coefficient (Wildman–Crippen LogP) is 2.58. The number of carbonyl (C=O) groups excluding carboxylic acids is 1. The highest BCUT2D eigenvalue weighted by Gasteiger charge is 2.14. The highest BCUT2D eigenvalue weighted by molar-refractivity contribution is 7.89. The van der Waals surface area contributed by atoms with Crippen molar-refractivity contribution in [2.75, 3.05) is 0 Å². The van der Waals surface area contributed by atoms with Crippen LogP contribution in [0.5, 0.6) is 0 Å². The van der Waals surface area contributed by atoms with E-state index in [0.29, 0.717) is 30.1 Å². The summed E-state index contributed by atoms with van der Waals surface area (Å²) >= 11 is 0. The van der Waals surface area contributed by atoms with Crippen LogP contribution in [0, 0.1) is 0 Å². The number of amides is 1. The molecule has 0 bridgehead atoms. The lowest BCUT2D eigenvalue weighted by Crippen LogP contribution is -2.26. The molecule has 3 N–H and O–H groups in total. The van der Waals surface area contributed by atoms with Gasteiger partial charge >= 0.3 is 0 Å². The second-order valence-electron chi connectivity index (χ2n) is 6.64. The second-order valence-corrected chi connectivity index (χ2v) is 8.20. The van der Waals surface area contributed by atoms with Crippen molar-refractivity contribution in [2.24, 2.45) is 5.14 Å². The van der Waals surface area contributed by atoms with Crippen molar-refractivity contribution >= 4 is 15.9 Å². The van der Waals surface area contributed by atoms with Gasteiger partial charge in [0.1, 0.15) is 0 Å². The Morgan fingerprint density at radius 2 is 1.93 bits per heavy atom. The van der Waals surface area contributed by atoms with Crippen LogP contribution < -0.4 is 10.5 Å². The van der Waals surface area contributed by atoms with Gasteiger partial charge in [0, 0.05) is 18.4 Å². The minimum atomic E-state index is -3.79. The van der Waals surface area contributed by atoms with Gasteiger partial charge in [-0.05, 0) is 31.0 Å². The minimum absolute atomic E-state index is 0.0155. The maximum Gasteiger partial charge on any atom is 0.238 e. The van der Waals surface area contributed by atoms with E-state index < -0.39 is 10.0 Å². The monoisotopic (exact) mass is 414 g/mol. The number of sulfonamides is 1. The Morgan fingerprint density at radius 3 is 2.66 bits per heavy atom. The van der Waals surface area contributed by atoms with Crippen LogP contribution in [0.3, 0.4) is 0 Å². The van der Waals surface area contributed by atoms with E-state index in [1.165, 1.54) is 12.1 Å². The fourth-order valence-electron chi connectivity index (χ4n) is 2.82. The van der Waals surface area contributed by atoms with Crippen LogP contribution in [-0.4, -0.2) is 24.5 Å². The summed E-state index contributed by atoms with van der Waals surface area (Å²) in [5, 5.41) is 12.0. The maximum atomic E-state index is 12.2. The van der Waals surface area contributed by atoms with Crippen molar-refractivity contribution in [3.05, 3.63) is 66.1 Å². The first-order chi connectivity index (χ1) is 13.8. The van der Waals surface area contributed by atoms with Crippen LogP contribution in [0.25, 0.3) is 11.4 Å². The van der Waals surface area contributed by atoms with Gasteiger partial charge in [0.15, 0.2) is 0 Å². The normalized spacial score (nSPS) is 12.5. The lowest BCUT2D eigenvalue weighted by Gasteiger charge is -2.15. The Hall–Kier alpha value is -3.04. The molecule has 0 radical (unpaired) electrons. The molecule has 1 aromatic heterocycles. The Balaban J connectivity index is 1.50. The zero-order valence-electron chi connectivity index (χ0n) is 15.9. The molecule has 8 nitrogen and oxygen atoms in total. The summed E-state index contributed by atoms with van der Waals surface area (Å²) in [7, 11) is -3.79. The number of rotatable bonds is 8. The molecule has 0 fully saturated rings. The molecule has 1 heterocycles. The third-order valence-electron chi connectivity index (χ3n) is 4.36. The highest BCUT2D eigenvalue weighted by atomic mass is 32.2. The maximum absolute atomic E-state index is 12.2. The summed E-state index contributed by atoms with van der Waals surface area (Å²) in [6.07, 6.45) is 1.32. The first-order valence-electron chi connectivity index (χ1n) is 9.13. The van der Waals surface area contributed by atoms with Crippen LogP contribution in [-0.2, 0) is 21.2 Å². The summed E-state index contributed by atoms with van der Waals surface area (Å²) in [5.41, 5.74) is 1.53. The lowest BCUT2D eigenvalue weighted by molar-refractivity contribution is -0.121. The third kappa shape index (κ3) is 5.72. The summed E-state index contributed by atoms with van der Waals surface area (Å²) in [4.78, 5) is 16.6. The van der Waals surface area contributed by atoms with Crippen molar-refractivity contribution in [3.8, 4) is 11.4 Å². The number of hydrogen-bond acceptors (Lipinski definition) is 6. The second kappa shape index (κ2) is 8.97. The summed E-state index contributed by atoms with van der Waals surface area (Å²) in [5.74, 6) is 0.847. The van der Waals surface area contributed by atoms with Crippen LogP contribution in [0.2, 0.25) is 0 Å². The number of hydrogen-bond donors (Lipinski definition) is 2. The first kappa shape index (κ1) is 20.7. The summed E-state index contributed by atoms with van der Waals surface area (Å²) in [6.45, 7) is 1.78. The molecule has 1 atom stereocenters. The van der Waals surface area contributed by atoms with Crippen molar-refractivity contribution in [2.45, 2.75) is 37.1 Å². The van der Waals surface area contributed by atoms with E-state index in [0.717, 1.165) is 5.56 Å². The van der Waals surface area contributed by atoms with Gasteiger partial charge < -0.3 is 9.84 Å². The Bertz CT molecular complexity index is 1080. The van der Waals surface area contributed by atoms with E-state index in [2.05, 4.69) is 15.5 Å². The average Bonchev–Trinajstić information content (AvgIpc) is 3.17. The van der Waals surface area contributed by atoms with Crippen molar-refractivity contribution in [1.29, 1.82) is 0 Å². The summed E-state index contributed by atoms with van der Waals surface area (Å²) in [6, 6.07) is 15.4. The highest BCUT2D eigenvalue weighted by Crippen LogP contribution is 2.18. The number of nitrogens with zero attached hydrogens (tertiary/aromatic N) is 2. The van der Waals surface area contributed by atoms with Crippen LogP contribution >= 0.6 is 0 Å². The fourth-order valence-corrected chi connectivity index (χ4v) is 3.39. The number of primary sulfonamides is 1. The molecule has 0 unspecified atom stereocenters. The van der Waals surface area contributed by atoms with Gasteiger partial charge in [-0.3, -0.25) is 4.79 Å². The molecule has 29 heavy (non-hydrogen) atoms. The van der Waals surface area contributed by atoms with Gasteiger partial charge in [0.05, 0.1) is 10.9 Å². The van der Waals surface area contributed by atoms with Gasteiger partial charge in [0.25, 0.3) is 0 Å². The van der Waals surface area contributed by atoms with Gasteiger partial charge in [-0.15, -0.1) is 0 Å². The standard InChI is InChI=1S/C20H22N4O4S/c1-14(16-9-5-10-17(13-16)29(21,26)27)22-18(25)11-6-12-19-23-20(24-28-19)15-7-3-2-4-8-15/h2-5,7-10,13-14H,6,11-12H2,1H3,(H,22,25)(H2,21,26,27)/t14-/m0/s1. The number of nitrogens with one attached hydrogen (secondary N) is 1. The molecule has 3 rings (SSSR count). The number of nitrogens with two attached hydrogens (primary N) is 1. The molecule has 9 heteroatoms. The van der Waals surface area contributed by atoms with E-state index in [4.69, 9.17) is 9.66 Å². The zero-order valence-corrected chi connectivity index (χ0v) is 16.7. The molecule has 0 saturated heterocycles. The average molecular weight is 414 g/mol. The fraction of sp³-hybridized carbons (Fsp3) is 0.250. The lowest BCUT2D eigenvalue weighted by atomic mass is 10.1. The SMILES string of the molecule is C[C@H](NC(=O)CCCc1nc(-c2ccccc2)no1)c1cccc(S(N)(=O)=O)c1. The first-order valence-corrected chi connectivity index (χ1v) is 10.7. The zero-order chi connectivity index (χ0) is 20.9. The molecule has 0 aliphatic carbocycles. The van der Waals surface area contributed by atoms with E-state index in [1.54, 1.807) is 19.1 Å². The van der Waals surface area contributed by atoms with Crippen molar-refractivity contribution in [3.63, 3.8) is 0 Å². The van der Waals surface area contributed by atoms with Gasteiger partial charge in [0.2, 0.25) is 27.6 Å². The number of aryl methyl sites for hydroxylation is 1. The Kier molecular flexibility index (Phi) is 6.40. The molecule has 3 aromatic rings. The molecule has 0 saturated carbocycles. The van der Waals surface area contributed by atoms with Gasteiger partial charge in [-0.2, -0.15) is 4.98 Å². The van der Waals surface area contributed by atoms with Crippen molar-refractivity contribution in [1.82, 2.24) is 15.5 Å². The summed E-state index contributed by atoms with van der Waals surface area (Å²) < 4.78 is 28.2. The van der Waals surface area contributed by atoms with E-state index >= 15 is 0 Å². The number of carbonyl (C=O) groups is 1. The molecule has 0 spiro atoms. The smallest absolute Gasteiger partial charge is 0.238 e. The van der Waals surface area contributed by atoms with Gasteiger partial charge in [-0.1, -0.05) is 47.6 Å². The molecular weight excluding hydrogens is 392 g/mol. The molecule has 0 aliphatic heterocycles. The quantitative estimate of drug-likeness (QED) is 0.583. The number of aromatic nitrogens is 2. The molecule has 0 aliphatic rings. The van der Waals surface area contributed by atoms with Crippen LogP contribution in [0.15, 0.2) is 64.0 Å². The predicted molar refractivity (Wildman–Crippen MR) is 107 cm³/mol. The van der Waals surface area contributed by atoms with Crippen LogP contribution in [0.1, 0.15) is 37.3 Å². The Morgan fingerprint density at radius 1 is 1.17 bits per heavy atom. The largest absolute Gasteiger partial charge is 0.350 e. The van der Waals surface area contributed by atoms with Crippen LogP contribution in [0.4, 0.5) is 0 Å². The molecule has 1 amide bonds. The van der Waals surface area contributed by atoms with E-state index in [-0.39, 0.29) is 23.3 Å².